The van der Waals surface area contributed by atoms with Crippen molar-refractivity contribution in [1.29, 1.82) is 0 Å². The van der Waals surface area contributed by atoms with Crippen molar-refractivity contribution in [3.8, 4) is 27.6 Å². The lowest BCUT2D eigenvalue weighted by molar-refractivity contribution is 0.340. The molecule has 27 heavy (non-hydrogen) atoms. The number of nitrogens with zero attached hydrogens (tertiary/aromatic N) is 1. The molecule has 0 saturated carbocycles. The van der Waals surface area contributed by atoms with Crippen LogP contribution in [0, 0.1) is 0 Å². The van der Waals surface area contributed by atoms with Gasteiger partial charge in [-0.05, 0) is 49.4 Å². The van der Waals surface area contributed by atoms with Gasteiger partial charge in [0.2, 0.25) is 0 Å². The van der Waals surface area contributed by atoms with Gasteiger partial charge < -0.3 is 9.15 Å². The molecule has 0 N–H and O–H groups in total. The van der Waals surface area contributed by atoms with Crippen molar-refractivity contribution < 1.29 is 9.15 Å². The fraction of sp³-hybridized carbons (Fsp3) is 0.100. The molecule has 0 unspecified atom stereocenters. The van der Waals surface area contributed by atoms with Crippen molar-refractivity contribution in [3.05, 3.63) is 68.3 Å². The van der Waals surface area contributed by atoms with E-state index in [-0.39, 0.29) is 0 Å². The highest BCUT2D eigenvalue weighted by molar-refractivity contribution is 7.13. The number of benzene rings is 2. The highest BCUT2D eigenvalue weighted by atomic mass is 35.5. The minimum Gasteiger partial charge on any atom is -0.494 e. The molecule has 0 fully saturated rings. The second-order valence-electron chi connectivity index (χ2n) is 5.75. The molecular formula is C20H13Cl2NO3S. The first-order valence-corrected chi connectivity index (χ1v) is 9.80. The SMILES string of the molecule is CCOc1ccc(-c2csc(-c3cc4cc(Cl)cc(Cl)c4oc3=O)n2)cc1. The van der Waals surface area contributed by atoms with Crippen LogP contribution in [-0.2, 0) is 0 Å². The third kappa shape index (κ3) is 3.58. The summed E-state index contributed by atoms with van der Waals surface area (Å²) in [6.07, 6.45) is 0. The molecule has 2 aromatic heterocycles. The van der Waals surface area contributed by atoms with E-state index in [1.807, 2.05) is 36.6 Å². The molecular weight excluding hydrogens is 405 g/mol. The maximum absolute atomic E-state index is 12.4. The summed E-state index contributed by atoms with van der Waals surface area (Å²) in [5.74, 6) is 0.806. The summed E-state index contributed by atoms with van der Waals surface area (Å²) in [5, 5.41) is 3.90. The van der Waals surface area contributed by atoms with Gasteiger partial charge in [-0.15, -0.1) is 11.3 Å². The Morgan fingerprint density at radius 3 is 2.67 bits per heavy atom. The minimum absolute atomic E-state index is 0.301. The van der Waals surface area contributed by atoms with E-state index in [0.29, 0.717) is 38.2 Å². The van der Waals surface area contributed by atoms with Gasteiger partial charge in [0, 0.05) is 21.4 Å². The number of hydrogen-bond donors (Lipinski definition) is 0. The van der Waals surface area contributed by atoms with Crippen LogP contribution in [0.4, 0.5) is 0 Å². The molecule has 2 heterocycles. The molecule has 4 aromatic rings. The number of aromatic nitrogens is 1. The molecule has 0 amide bonds. The van der Waals surface area contributed by atoms with Crippen LogP contribution in [0.25, 0.3) is 32.8 Å². The van der Waals surface area contributed by atoms with E-state index in [2.05, 4.69) is 4.98 Å². The smallest absolute Gasteiger partial charge is 0.346 e. The zero-order chi connectivity index (χ0) is 19.0. The van der Waals surface area contributed by atoms with E-state index >= 15 is 0 Å². The van der Waals surface area contributed by atoms with Crippen molar-refractivity contribution in [3.63, 3.8) is 0 Å². The van der Waals surface area contributed by atoms with Gasteiger partial charge in [-0.1, -0.05) is 23.2 Å². The minimum atomic E-state index is -0.487. The van der Waals surface area contributed by atoms with Gasteiger partial charge in [-0.25, -0.2) is 9.78 Å². The maximum atomic E-state index is 12.4. The lowest BCUT2D eigenvalue weighted by atomic mass is 10.1. The van der Waals surface area contributed by atoms with Crippen LogP contribution in [0.3, 0.4) is 0 Å². The standard InChI is InChI=1S/C20H13Cl2NO3S/c1-2-25-14-5-3-11(4-6-14)17-10-27-19(23-17)15-8-12-7-13(21)9-16(22)18(12)26-20(15)24/h3-10H,2H2,1H3. The zero-order valence-corrected chi connectivity index (χ0v) is 16.5. The van der Waals surface area contributed by atoms with Gasteiger partial charge in [0.15, 0.2) is 5.58 Å². The Morgan fingerprint density at radius 1 is 1.15 bits per heavy atom. The van der Waals surface area contributed by atoms with Crippen LogP contribution in [0.1, 0.15) is 6.92 Å². The van der Waals surface area contributed by atoms with Crippen molar-refractivity contribution in [2.24, 2.45) is 0 Å². The highest BCUT2D eigenvalue weighted by Gasteiger charge is 2.14. The van der Waals surface area contributed by atoms with E-state index in [0.717, 1.165) is 17.0 Å². The molecule has 0 radical (unpaired) electrons. The average molecular weight is 418 g/mol. The number of halogens is 2. The monoisotopic (exact) mass is 417 g/mol. The first kappa shape index (κ1) is 18.0. The number of fused-ring (bicyclic) bond motifs is 1. The van der Waals surface area contributed by atoms with Crippen LogP contribution in [0.15, 0.2) is 57.1 Å². The third-order valence-corrected chi connectivity index (χ3v) is 5.32. The molecule has 0 spiro atoms. The topological polar surface area (TPSA) is 52.3 Å². The Morgan fingerprint density at radius 2 is 1.93 bits per heavy atom. The first-order chi connectivity index (χ1) is 13.0. The third-order valence-electron chi connectivity index (χ3n) is 3.95. The molecule has 0 aliphatic heterocycles. The average Bonchev–Trinajstić information content (AvgIpc) is 3.13. The summed E-state index contributed by atoms with van der Waals surface area (Å²) in [7, 11) is 0. The lowest BCUT2D eigenvalue weighted by Crippen LogP contribution is -2.02. The molecule has 2 aromatic carbocycles. The second-order valence-corrected chi connectivity index (χ2v) is 7.45. The normalized spacial score (nSPS) is 11.1. The molecule has 0 aliphatic carbocycles. The quantitative estimate of drug-likeness (QED) is 0.366. The predicted octanol–water partition coefficient (Wildman–Crippen LogP) is 6.29. The number of rotatable bonds is 4. The summed E-state index contributed by atoms with van der Waals surface area (Å²) < 4.78 is 10.8. The van der Waals surface area contributed by atoms with Crippen molar-refractivity contribution in [1.82, 2.24) is 4.98 Å². The van der Waals surface area contributed by atoms with Crippen LogP contribution >= 0.6 is 34.5 Å². The first-order valence-electron chi connectivity index (χ1n) is 8.17. The van der Waals surface area contributed by atoms with Crippen LogP contribution in [0.2, 0.25) is 10.0 Å². The molecule has 136 valence electrons. The number of hydrogen-bond acceptors (Lipinski definition) is 5. The Balaban J connectivity index is 1.74. The molecule has 4 rings (SSSR count). The summed E-state index contributed by atoms with van der Waals surface area (Å²) in [5.41, 5.74) is 1.93. The van der Waals surface area contributed by atoms with Crippen molar-refractivity contribution >= 4 is 45.5 Å². The molecule has 7 heteroatoms. The van der Waals surface area contributed by atoms with Crippen molar-refractivity contribution in [2.45, 2.75) is 6.92 Å². The second kappa shape index (κ2) is 7.35. The molecule has 0 saturated heterocycles. The van der Waals surface area contributed by atoms with E-state index < -0.39 is 5.63 Å². The Hall–Kier alpha value is -2.34. The molecule has 4 nitrogen and oxygen atoms in total. The Bertz CT molecular complexity index is 1180. The van der Waals surface area contributed by atoms with Gasteiger partial charge in [-0.2, -0.15) is 0 Å². The van der Waals surface area contributed by atoms with Crippen molar-refractivity contribution in [2.75, 3.05) is 6.61 Å². The van der Waals surface area contributed by atoms with Gasteiger partial charge in [0.1, 0.15) is 10.8 Å². The Kier molecular flexibility index (Phi) is 4.91. The van der Waals surface area contributed by atoms with Gasteiger partial charge in [-0.3, -0.25) is 0 Å². The summed E-state index contributed by atoms with van der Waals surface area (Å²) in [6.45, 7) is 2.56. The number of thiazole rings is 1. The summed E-state index contributed by atoms with van der Waals surface area (Å²) >= 11 is 13.5. The largest absolute Gasteiger partial charge is 0.494 e. The predicted molar refractivity (Wildman–Crippen MR) is 110 cm³/mol. The summed E-state index contributed by atoms with van der Waals surface area (Å²) in [4.78, 5) is 17.0. The van der Waals surface area contributed by atoms with E-state index in [1.54, 1.807) is 18.2 Å². The molecule has 0 bridgehead atoms. The van der Waals surface area contributed by atoms with Gasteiger partial charge in [0.05, 0.1) is 22.9 Å². The fourth-order valence-corrected chi connectivity index (χ4v) is 4.10. The van der Waals surface area contributed by atoms with E-state index in [4.69, 9.17) is 32.4 Å². The number of ether oxygens (including phenoxy) is 1. The van der Waals surface area contributed by atoms with Crippen LogP contribution < -0.4 is 10.4 Å². The zero-order valence-electron chi connectivity index (χ0n) is 14.2. The lowest BCUT2D eigenvalue weighted by Gasteiger charge is -2.03. The molecule has 0 atom stereocenters. The van der Waals surface area contributed by atoms with E-state index in [1.165, 1.54) is 11.3 Å². The van der Waals surface area contributed by atoms with Crippen LogP contribution in [-0.4, -0.2) is 11.6 Å². The van der Waals surface area contributed by atoms with Crippen LogP contribution in [0.5, 0.6) is 5.75 Å². The molecule has 0 aliphatic rings. The Labute approximate surface area is 169 Å². The van der Waals surface area contributed by atoms with E-state index in [9.17, 15) is 4.79 Å². The van der Waals surface area contributed by atoms with Gasteiger partial charge in [0.25, 0.3) is 0 Å². The fourth-order valence-electron chi connectivity index (χ4n) is 2.72. The summed E-state index contributed by atoms with van der Waals surface area (Å²) in [6, 6.07) is 12.6. The highest BCUT2D eigenvalue weighted by Crippen LogP contribution is 2.32. The maximum Gasteiger partial charge on any atom is 0.346 e. The van der Waals surface area contributed by atoms with Gasteiger partial charge >= 0.3 is 5.63 Å².